The maximum Gasteiger partial charge on any atom is 0.322 e. The zero-order chi connectivity index (χ0) is 34.1. The maximum absolute atomic E-state index is 14.1. The van der Waals surface area contributed by atoms with Gasteiger partial charge >= 0.3 is 12.0 Å². The average molecular weight is 675 g/mol. The molecule has 11 heteroatoms. The third kappa shape index (κ3) is 9.37. The van der Waals surface area contributed by atoms with Gasteiger partial charge in [-0.2, -0.15) is 0 Å². The molecule has 2 saturated carbocycles. The normalized spacial score (nSPS) is 18.4. The minimum absolute atomic E-state index is 0.0286. The number of carboxylic acid groups (broad SMARTS) is 1. The number of aliphatic carboxylic acids is 1. The summed E-state index contributed by atoms with van der Waals surface area (Å²) in [4.78, 5) is 39.2. The molecule has 3 amide bonds. The number of urea groups is 1. The van der Waals surface area contributed by atoms with E-state index in [1.165, 1.54) is 38.2 Å². The Morgan fingerprint density at radius 3 is 2.21 bits per heavy atom. The van der Waals surface area contributed by atoms with Crippen molar-refractivity contribution in [1.29, 1.82) is 0 Å². The first-order chi connectivity index (χ1) is 23.1. The van der Waals surface area contributed by atoms with Crippen LogP contribution in [0.5, 0.6) is 0 Å². The average Bonchev–Trinajstić information content (AvgIpc) is 3.08. The molecule has 0 radical (unpaired) electrons. The summed E-state index contributed by atoms with van der Waals surface area (Å²) in [7, 11) is -4.01. The maximum atomic E-state index is 14.1. The second-order valence-corrected chi connectivity index (χ2v) is 14.7. The van der Waals surface area contributed by atoms with E-state index >= 15 is 0 Å². The molecule has 3 aromatic carbocycles. The molecule has 2 fully saturated rings. The van der Waals surface area contributed by atoms with Gasteiger partial charge in [0.1, 0.15) is 4.90 Å². The number of carboxylic acids is 1. The minimum atomic E-state index is -4.01. The van der Waals surface area contributed by atoms with E-state index in [4.69, 9.17) is 5.11 Å². The fourth-order valence-corrected chi connectivity index (χ4v) is 8.32. The molecule has 0 bridgehead atoms. The number of carbonyl (C=O) groups is 3. The summed E-state index contributed by atoms with van der Waals surface area (Å²) in [5.74, 6) is 0.0770. The number of aryl methyl sites for hydroxylation is 1. The van der Waals surface area contributed by atoms with Crippen molar-refractivity contribution in [2.24, 2.45) is 11.8 Å². The van der Waals surface area contributed by atoms with Crippen LogP contribution in [0.3, 0.4) is 0 Å². The van der Waals surface area contributed by atoms with Crippen molar-refractivity contribution in [1.82, 2.24) is 10.2 Å². The van der Waals surface area contributed by atoms with Crippen molar-refractivity contribution in [3.63, 3.8) is 0 Å². The standard InChI is InChI=1S/C37H46N4O6S/c1-26-8-7-11-31(24-26)40-48(46,47)34-13-6-5-12-33(34)39-37(45)41(32-20-18-29(19-21-32)28-9-3-2-4-10-28)25-27-14-16-30(17-15-27)36(44)38-23-22-35(42)43/h5-8,11-17,24,28-29,32,40H,2-4,9-10,18-23,25H2,1H3,(H,38,44)(H,39,45)(H,42,43). The van der Waals surface area contributed by atoms with Crippen LogP contribution in [0.15, 0.2) is 77.7 Å². The summed E-state index contributed by atoms with van der Waals surface area (Å²) in [6.07, 6.45) is 10.2. The number of rotatable bonds is 12. The van der Waals surface area contributed by atoms with Gasteiger partial charge in [0.25, 0.3) is 15.9 Å². The molecule has 0 atom stereocenters. The van der Waals surface area contributed by atoms with Crippen molar-refractivity contribution < 1.29 is 27.9 Å². The Labute approximate surface area is 283 Å². The number of anilines is 2. The molecular formula is C37H46N4O6S. The summed E-state index contributed by atoms with van der Waals surface area (Å²) in [6.45, 7) is 2.20. The fraction of sp³-hybridized carbons (Fsp3) is 0.432. The Bertz CT molecular complexity index is 1680. The zero-order valence-electron chi connectivity index (χ0n) is 27.5. The first-order valence-electron chi connectivity index (χ1n) is 16.9. The predicted molar refractivity (Wildman–Crippen MR) is 186 cm³/mol. The Morgan fingerprint density at radius 2 is 1.52 bits per heavy atom. The molecule has 3 aromatic rings. The van der Waals surface area contributed by atoms with Crippen molar-refractivity contribution in [3.8, 4) is 0 Å². The van der Waals surface area contributed by atoms with E-state index in [2.05, 4.69) is 15.4 Å². The first-order valence-corrected chi connectivity index (χ1v) is 18.4. The lowest BCUT2D eigenvalue weighted by Crippen LogP contribution is -2.45. The van der Waals surface area contributed by atoms with Gasteiger partial charge in [-0.25, -0.2) is 13.2 Å². The van der Waals surface area contributed by atoms with E-state index in [-0.39, 0.29) is 48.1 Å². The van der Waals surface area contributed by atoms with Crippen molar-refractivity contribution in [2.75, 3.05) is 16.6 Å². The molecule has 2 aliphatic carbocycles. The molecule has 10 nitrogen and oxygen atoms in total. The summed E-state index contributed by atoms with van der Waals surface area (Å²) >= 11 is 0. The molecule has 5 rings (SSSR count). The molecule has 0 spiro atoms. The van der Waals surface area contributed by atoms with Crippen LogP contribution in [-0.4, -0.2) is 48.9 Å². The Hall–Kier alpha value is -4.38. The van der Waals surface area contributed by atoms with Crippen LogP contribution < -0.4 is 15.4 Å². The van der Waals surface area contributed by atoms with Gasteiger partial charge in [0.15, 0.2) is 0 Å². The van der Waals surface area contributed by atoms with Gasteiger partial charge in [-0.3, -0.25) is 14.3 Å². The fourth-order valence-electron chi connectivity index (χ4n) is 7.11. The number of amides is 3. The number of hydrogen-bond donors (Lipinski definition) is 4. The molecule has 0 unspecified atom stereocenters. The summed E-state index contributed by atoms with van der Waals surface area (Å²) in [5, 5.41) is 14.4. The smallest absolute Gasteiger partial charge is 0.322 e. The van der Waals surface area contributed by atoms with E-state index in [1.54, 1.807) is 65.6 Å². The van der Waals surface area contributed by atoms with Crippen LogP contribution in [0, 0.1) is 18.8 Å². The highest BCUT2D eigenvalue weighted by Gasteiger charge is 2.33. The third-order valence-corrected chi connectivity index (χ3v) is 11.1. The van der Waals surface area contributed by atoms with Gasteiger partial charge in [0, 0.05) is 30.4 Å². The summed E-state index contributed by atoms with van der Waals surface area (Å²) < 4.78 is 29.7. The lowest BCUT2D eigenvalue weighted by Gasteiger charge is -2.40. The van der Waals surface area contributed by atoms with Crippen LogP contribution in [0.2, 0.25) is 0 Å². The van der Waals surface area contributed by atoms with E-state index in [9.17, 15) is 22.8 Å². The molecule has 0 saturated heterocycles. The SMILES string of the molecule is Cc1cccc(NS(=O)(=O)c2ccccc2NC(=O)N(Cc2ccc(C(=O)NCCC(=O)O)cc2)C2CCC(C3CCCCC3)CC2)c1. The number of hydrogen-bond acceptors (Lipinski definition) is 5. The first kappa shape index (κ1) is 34.9. The van der Waals surface area contributed by atoms with Crippen LogP contribution >= 0.6 is 0 Å². The highest BCUT2D eigenvalue weighted by Crippen LogP contribution is 2.40. The molecule has 4 N–H and O–H groups in total. The number of benzene rings is 3. The molecule has 2 aliphatic rings. The predicted octanol–water partition coefficient (Wildman–Crippen LogP) is 7.17. The Kier molecular flexibility index (Phi) is 11.8. The van der Waals surface area contributed by atoms with E-state index < -0.39 is 16.0 Å². The van der Waals surface area contributed by atoms with Gasteiger partial charge in [-0.05, 0) is 92.0 Å². The number of para-hydroxylation sites is 1. The zero-order valence-corrected chi connectivity index (χ0v) is 28.3. The van der Waals surface area contributed by atoms with Gasteiger partial charge < -0.3 is 20.6 Å². The van der Waals surface area contributed by atoms with Gasteiger partial charge in [0.2, 0.25) is 0 Å². The lowest BCUT2D eigenvalue weighted by atomic mass is 9.72. The highest BCUT2D eigenvalue weighted by molar-refractivity contribution is 7.92. The largest absolute Gasteiger partial charge is 0.481 e. The minimum Gasteiger partial charge on any atom is -0.481 e. The molecule has 0 aromatic heterocycles. The van der Waals surface area contributed by atoms with Crippen molar-refractivity contribution >= 4 is 39.3 Å². The summed E-state index contributed by atoms with van der Waals surface area (Å²) in [5.41, 5.74) is 2.76. The molecular weight excluding hydrogens is 628 g/mol. The highest BCUT2D eigenvalue weighted by atomic mass is 32.2. The van der Waals surface area contributed by atoms with E-state index in [1.807, 2.05) is 13.0 Å². The van der Waals surface area contributed by atoms with Gasteiger partial charge in [-0.15, -0.1) is 0 Å². The number of nitrogens with one attached hydrogen (secondary N) is 3. The number of nitrogens with zero attached hydrogens (tertiary/aromatic N) is 1. The van der Waals surface area contributed by atoms with Gasteiger partial charge in [-0.1, -0.05) is 68.5 Å². The molecule has 256 valence electrons. The van der Waals surface area contributed by atoms with E-state index in [0.29, 0.717) is 17.2 Å². The van der Waals surface area contributed by atoms with Crippen molar-refractivity contribution in [2.45, 2.75) is 88.6 Å². The lowest BCUT2D eigenvalue weighted by molar-refractivity contribution is -0.136. The monoisotopic (exact) mass is 674 g/mol. The van der Waals surface area contributed by atoms with Gasteiger partial charge in [0.05, 0.1) is 12.1 Å². The molecule has 0 aliphatic heterocycles. The molecule has 0 heterocycles. The second kappa shape index (κ2) is 16.1. The Morgan fingerprint density at radius 1 is 0.833 bits per heavy atom. The molecule has 48 heavy (non-hydrogen) atoms. The number of carbonyl (C=O) groups excluding carboxylic acids is 2. The van der Waals surface area contributed by atoms with E-state index in [0.717, 1.165) is 42.7 Å². The Balaban J connectivity index is 1.33. The van der Waals surface area contributed by atoms with Crippen LogP contribution in [0.4, 0.5) is 16.2 Å². The topological polar surface area (TPSA) is 145 Å². The van der Waals surface area contributed by atoms with Crippen LogP contribution in [-0.2, 0) is 21.4 Å². The quantitative estimate of drug-likeness (QED) is 0.160. The third-order valence-electron chi connectivity index (χ3n) is 9.64. The van der Waals surface area contributed by atoms with Crippen LogP contribution in [0.25, 0.3) is 0 Å². The van der Waals surface area contributed by atoms with Crippen LogP contribution in [0.1, 0.15) is 85.7 Å². The summed E-state index contributed by atoms with van der Waals surface area (Å²) in [6, 6.07) is 20.0. The van der Waals surface area contributed by atoms with Crippen molar-refractivity contribution in [3.05, 3.63) is 89.5 Å². The second-order valence-electron chi connectivity index (χ2n) is 13.1. The number of sulfonamides is 1.